The molecule has 1 heteroatoms. The van der Waals surface area contributed by atoms with E-state index in [0.29, 0.717) is 5.92 Å². The summed E-state index contributed by atoms with van der Waals surface area (Å²) >= 11 is 0. The van der Waals surface area contributed by atoms with Crippen LogP contribution in [0.2, 0.25) is 0 Å². The molecule has 0 aliphatic heterocycles. The molecule has 0 radical (unpaired) electrons. The molecular weight excluding hydrogens is 170 g/mol. The monoisotopic (exact) mass is 189 g/mol. The summed E-state index contributed by atoms with van der Waals surface area (Å²) in [5.74, 6) is 2.41. The van der Waals surface area contributed by atoms with Crippen LogP contribution >= 0.6 is 0 Å². The highest BCUT2D eigenvalue weighted by molar-refractivity contribution is 5.11. The molecule has 0 amide bonds. The smallest absolute Gasteiger partial charge is 0.0437 e. The van der Waals surface area contributed by atoms with Crippen molar-refractivity contribution in [3.05, 3.63) is 30.1 Å². The third-order valence-corrected chi connectivity index (χ3v) is 3.50. The lowest BCUT2D eigenvalue weighted by Gasteiger charge is -2.32. The van der Waals surface area contributed by atoms with Gasteiger partial charge in [-0.2, -0.15) is 0 Å². The van der Waals surface area contributed by atoms with Crippen molar-refractivity contribution in [2.75, 3.05) is 0 Å². The van der Waals surface area contributed by atoms with E-state index in [4.69, 9.17) is 0 Å². The van der Waals surface area contributed by atoms with Crippen LogP contribution in [-0.2, 0) is 0 Å². The number of pyridine rings is 1. The second-order valence-corrected chi connectivity index (χ2v) is 4.76. The maximum Gasteiger partial charge on any atom is 0.0437 e. The molecule has 1 fully saturated rings. The van der Waals surface area contributed by atoms with E-state index in [-0.39, 0.29) is 0 Å². The van der Waals surface area contributed by atoms with Gasteiger partial charge in [-0.15, -0.1) is 0 Å². The topological polar surface area (TPSA) is 12.9 Å². The van der Waals surface area contributed by atoms with Crippen molar-refractivity contribution in [3.8, 4) is 0 Å². The Kier molecular flexibility index (Phi) is 2.85. The molecule has 1 aliphatic rings. The van der Waals surface area contributed by atoms with Crippen LogP contribution in [0.4, 0.5) is 0 Å². The molecule has 0 spiro atoms. The van der Waals surface area contributed by atoms with E-state index in [0.717, 1.165) is 11.8 Å². The molecule has 1 nitrogen and oxygen atoms in total. The first-order chi connectivity index (χ1) is 6.77. The van der Waals surface area contributed by atoms with Crippen LogP contribution in [0.5, 0.6) is 0 Å². The molecule has 3 atom stereocenters. The molecule has 1 aliphatic carbocycles. The summed E-state index contributed by atoms with van der Waals surface area (Å²) in [5, 5.41) is 0. The molecule has 1 saturated carbocycles. The Morgan fingerprint density at radius 3 is 2.71 bits per heavy atom. The van der Waals surface area contributed by atoms with Crippen molar-refractivity contribution in [3.63, 3.8) is 0 Å². The van der Waals surface area contributed by atoms with Crippen molar-refractivity contribution < 1.29 is 0 Å². The number of rotatable bonds is 1. The lowest BCUT2D eigenvalue weighted by Crippen LogP contribution is -2.20. The third kappa shape index (κ3) is 1.97. The Morgan fingerprint density at radius 1 is 1.21 bits per heavy atom. The zero-order valence-electron chi connectivity index (χ0n) is 9.11. The normalized spacial score (nSPS) is 32.9. The summed E-state index contributed by atoms with van der Waals surface area (Å²) < 4.78 is 0. The van der Waals surface area contributed by atoms with E-state index in [1.165, 1.54) is 25.0 Å². The van der Waals surface area contributed by atoms with Gasteiger partial charge < -0.3 is 0 Å². The molecule has 2 rings (SSSR count). The van der Waals surface area contributed by atoms with Crippen LogP contribution in [0.3, 0.4) is 0 Å². The first kappa shape index (κ1) is 9.70. The predicted octanol–water partition coefficient (Wildman–Crippen LogP) is 3.62. The van der Waals surface area contributed by atoms with Gasteiger partial charge in [-0.1, -0.05) is 26.3 Å². The molecule has 0 N–H and O–H groups in total. The zero-order chi connectivity index (χ0) is 9.97. The maximum absolute atomic E-state index is 4.48. The Bertz CT molecular complexity index is 281. The van der Waals surface area contributed by atoms with Gasteiger partial charge in [0.2, 0.25) is 0 Å². The minimum atomic E-state index is 0.701. The SMILES string of the molecule is C[C@H]1CC[C@@H](c2ccccn2)[C@H](C)C1. The Morgan fingerprint density at radius 2 is 2.07 bits per heavy atom. The molecule has 1 aromatic heterocycles. The van der Waals surface area contributed by atoms with E-state index in [9.17, 15) is 0 Å². The van der Waals surface area contributed by atoms with Crippen molar-refractivity contribution in [1.29, 1.82) is 0 Å². The fourth-order valence-electron chi connectivity index (χ4n) is 2.70. The van der Waals surface area contributed by atoms with Crippen LogP contribution in [0, 0.1) is 11.8 Å². The number of hydrogen-bond donors (Lipinski definition) is 0. The molecule has 0 unspecified atom stereocenters. The average Bonchev–Trinajstić information content (AvgIpc) is 2.19. The average molecular weight is 189 g/mol. The van der Waals surface area contributed by atoms with Gasteiger partial charge in [-0.25, -0.2) is 0 Å². The van der Waals surface area contributed by atoms with Crippen LogP contribution in [-0.4, -0.2) is 4.98 Å². The van der Waals surface area contributed by atoms with Crippen molar-refractivity contribution >= 4 is 0 Å². The highest BCUT2D eigenvalue weighted by Crippen LogP contribution is 2.38. The molecule has 76 valence electrons. The minimum Gasteiger partial charge on any atom is -0.261 e. The molecule has 1 heterocycles. The molecule has 0 saturated heterocycles. The summed E-state index contributed by atoms with van der Waals surface area (Å²) in [6.45, 7) is 4.74. The minimum absolute atomic E-state index is 0.701. The number of aromatic nitrogens is 1. The summed E-state index contributed by atoms with van der Waals surface area (Å²) in [6, 6.07) is 6.28. The number of hydrogen-bond acceptors (Lipinski definition) is 1. The molecule has 0 bridgehead atoms. The highest BCUT2D eigenvalue weighted by Gasteiger charge is 2.26. The zero-order valence-corrected chi connectivity index (χ0v) is 9.11. The second-order valence-electron chi connectivity index (χ2n) is 4.76. The maximum atomic E-state index is 4.48. The molecule has 14 heavy (non-hydrogen) atoms. The van der Waals surface area contributed by atoms with Crippen LogP contribution in [0.15, 0.2) is 24.4 Å². The van der Waals surface area contributed by atoms with Gasteiger partial charge in [-0.3, -0.25) is 4.98 Å². The largest absolute Gasteiger partial charge is 0.261 e. The standard InChI is InChI=1S/C13H19N/c1-10-6-7-12(11(2)9-10)13-5-3-4-8-14-13/h3-5,8,10-12H,6-7,9H2,1-2H3/t10-,11+,12+/m0/s1. The van der Waals surface area contributed by atoms with Crippen molar-refractivity contribution in [1.82, 2.24) is 4.98 Å². The Balaban J connectivity index is 2.12. The van der Waals surface area contributed by atoms with Gasteiger partial charge in [-0.05, 0) is 36.8 Å². The summed E-state index contributed by atoms with van der Waals surface area (Å²) in [7, 11) is 0. The van der Waals surface area contributed by atoms with Crippen molar-refractivity contribution in [2.24, 2.45) is 11.8 Å². The molecular formula is C13H19N. The first-order valence-electron chi connectivity index (χ1n) is 5.68. The highest BCUT2D eigenvalue weighted by atomic mass is 14.7. The fraction of sp³-hybridized carbons (Fsp3) is 0.615. The van der Waals surface area contributed by atoms with Gasteiger partial charge in [0.15, 0.2) is 0 Å². The molecule has 0 aromatic carbocycles. The van der Waals surface area contributed by atoms with Crippen LogP contribution in [0.1, 0.15) is 44.7 Å². The van der Waals surface area contributed by atoms with Crippen molar-refractivity contribution in [2.45, 2.75) is 39.0 Å². The van der Waals surface area contributed by atoms with Crippen LogP contribution in [0.25, 0.3) is 0 Å². The van der Waals surface area contributed by atoms with E-state index < -0.39 is 0 Å². The summed E-state index contributed by atoms with van der Waals surface area (Å²) in [5.41, 5.74) is 1.30. The fourth-order valence-corrected chi connectivity index (χ4v) is 2.70. The van der Waals surface area contributed by atoms with E-state index in [2.05, 4.69) is 31.0 Å². The van der Waals surface area contributed by atoms with Crippen LogP contribution < -0.4 is 0 Å². The van der Waals surface area contributed by atoms with Gasteiger partial charge in [0.25, 0.3) is 0 Å². The van der Waals surface area contributed by atoms with Gasteiger partial charge in [0.1, 0.15) is 0 Å². The predicted molar refractivity (Wildman–Crippen MR) is 59.2 cm³/mol. The van der Waals surface area contributed by atoms with Gasteiger partial charge in [0, 0.05) is 17.8 Å². The third-order valence-electron chi connectivity index (χ3n) is 3.50. The lowest BCUT2D eigenvalue weighted by molar-refractivity contribution is 0.258. The Hall–Kier alpha value is -0.850. The van der Waals surface area contributed by atoms with Gasteiger partial charge in [0.05, 0.1) is 0 Å². The lowest BCUT2D eigenvalue weighted by atomic mass is 9.74. The summed E-state index contributed by atoms with van der Waals surface area (Å²) in [4.78, 5) is 4.48. The Labute approximate surface area is 86.6 Å². The first-order valence-corrected chi connectivity index (χ1v) is 5.68. The number of nitrogens with zero attached hydrogens (tertiary/aromatic N) is 1. The van der Waals surface area contributed by atoms with E-state index in [1.807, 2.05) is 12.3 Å². The van der Waals surface area contributed by atoms with Gasteiger partial charge >= 0.3 is 0 Å². The second kappa shape index (κ2) is 4.12. The summed E-state index contributed by atoms with van der Waals surface area (Å²) in [6.07, 6.45) is 5.96. The quantitative estimate of drug-likeness (QED) is 0.657. The van der Waals surface area contributed by atoms with E-state index >= 15 is 0 Å². The van der Waals surface area contributed by atoms with E-state index in [1.54, 1.807) is 0 Å². The molecule has 1 aromatic rings.